The predicted octanol–water partition coefficient (Wildman–Crippen LogP) is 2.31. The number of methoxy groups -OCH3 is 1. The minimum Gasteiger partial charge on any atom is -0.469 e. The fourth-order valence-corrected chi connectivity index (χ4v) is 2.69. The topological polar surface area (TPSA) is 29.5 Å². The normalized spacial score (nSPS) is 27.8. The van der Waals surface area contributed by atoms with Gasteiger partial charge in [0.1, 0.15) is 0 Å². The van der Waals surface area contributed by atoms with Gasteiger partial charge in [-0.25, -0.2) is 0 Å². The molecule has 0 aromatic heterocycles. The quantitative estimate of drug-likeness (QED) is 0.690. The van der Waals surface area contributed by atoms with E-state index in [1.165, 1.54) is 32.8 Å². The Hall–Kier alpha value is -0.570. The van der Waals surface area contributed by atoms with Crippen molar-refractivity contribution in [2.24, 2.45) is 11.8 Å². The lowest BCUT2D eigenvalue weighted by molar-refractivity contribution is -0.145. The van der Waals surface area contributed by atoms with E-state index in [2.05, 4.69) is 19.0 Å². The molecule has 0 spiro atoms. The number of ether oxygens (including phenoxy) is 1. The molecule has 0 aliphatic heterocycles. The number of nitrogens with zero attached hydrogens (tertiary/aromatic N) is 1. The van der Waals surface area contributed by atoms with Gasteiger partial charge < -0.3 is 9.64 Å². The van der Waals surface area contributed by atoms with Crippen LogP contribution in [0.3, 0.4) is 0 Å². The lowest BCUT2D eigenvalue weighted by atomic mass is 9.81. The third kappa shape index (κ3) is 3.78. The van der Waals surface area contributed by atoms with Crippen molar-refractivity contribution >= 4 is 5.97 Å². The molecule has 0 saturated heterocycles. The van der Waals surface area contributed by atoms with Gasteiger partial charge in [-0.3, -0.25) is 4.79 Å². The minimum atomic E-state index is -0.0604. The molecular weight excluding hydrogens is 202 g/mol. The SMILES string of the molecule is COC(=O)C(C)CC1CCC(N(C)C)CC1. The Balaban J connectivity index is 2.29. The van der Waals surface area contributed by atoms with Crippen LogP contribution in [0.1, 0.15) is 39.0 Å². The molecular formula is C13H25NO2. The number of esters is 1. The molecule has 0 amide bonds. The van der Waals surface area contributed by atoms with Crippen LogP contribution in [-0.2, 0) is 9.53 Å². The molecule has 1 fully saturated rings. The van der Waals surface area contributed by atoms with E-state index in [9.17, 15) is 4.79 Å². The van der Waals surface area contributed by atoms with Crippen LogP contribution in [0.4, 0.5) is 0 Å². The van der Waals surface area contributed by atoms with Crippen molar-refractivity contribution in [2.45, 2.75) is 45.1 Å². The van der Waals surface area contributed by atoms with E-state index >= 15 is 0 Å². The molecule has 1 rings (SSSR count). The van der Waals surface area contributed by atoms with Crippen molar-refractivity contribution in [3.8, 4) is 0 Å². The highest BCUT2D eigenvalue weighted by Crippen LogP contribution is 2.31. The maximum absolute atomic E-state index is 11.3. The van der Waals surface area contributed by atoms with Crippen LogP contribution in [0, 0.1) is 11.8 Å². The molecule has 1 saturated carbocycles. The second-order valence-electron chi connectivity index (χ2n) is 5.30. The highest BCUT2D eigenvalue weighted by atomic mass is 16.5. The lowest BCUT2D eigenvalue weighted by Crippen LogP contribution is -2.32. The van der Waals surface area contributed by atoms with E-state index in [0.29, 0.717) is 5.92 Å². The van der Waals surface area contributed by atoms with Crippen molar-refractivity contribution < 1.29 is 9.53 Å². The molecule has 0 radical (unpaired) electrons. The zero-order valence-corrected chi connectivity index (χ0v) is 11.0. The van der Waals surface area contributed by atoms with Crippen LogP contribution < -0.4 is 0 Å². The Morgan fingerprint density at radius 2 is 1.88 bits per heavy atom. The van der Waals surface area contributed by atoms with Crippen LogP contribution in [0.25, 0.3) is 0 Å². The smallest absolute Gasteiger partial charge is 0.308 e. The van der Waals surface area contributed by atoms with E-state index < -0.39 is 0 Å². The fourth-order valence-electron chi connectivity index (χ4n) is 2.69. The molecule has 0 heterocycles. The van der Waals surface area contributed by atoms with Crippen LogP contribution in [-0.4, -0.2) is 38.1 Å². The summed E-state index contributed by atoms with van der Waals surface area (Å²) in [6.45, 7) is 1.98. The van der Waals surface area contributed by atoms with Crippen LogP contribution >= 0.6 is 0 Å². The van der Waals surface area contributed by atoms with Gasteiger partial charge in [0.25, 0.3) is 0 Å². The van der Waals surface area contributed by atoms with Gasteiger partial charge in [0.05, 0.1) is 13.0 Å². The molecule has 94 valence electrons. The van der Waals surface area contributed by atoms with Crippen LogP contribution in [0.2, 0.25) is 0 Å². The summed E-state index contributed by atoms with van der Waals surface area (Å²) >= 11 is 0. The van der Waals surface area contributed by atoms with Crippen LogP contribution in [0.15, 0.2) is 0 Å². The van der Waals surface area contributed by atoms with Gasteiger partial charge in [-0.05, 0) is 52.1 Å². The molecule has 0 aromatic carbocycles. The summed E-state index contributed by atoms with van der Waals surface area (Å²) in [5.41, 5.74) is 0. The molecule has 0 aromatic rings. The maximum atomic E-state index is 11.3. The second kappa shape index (κ2) is 6.24. The summed E-state index contributed by atoms with van der Waals surface area (Å²) in [6, 6.07) is 0.740. The van der Waals surface area contributed by atoms with E-state index in [1.54, 1.807) is 0 Å². The molecule has 1 aliphatic rings. The molecule has 1 aliphatic carbocycles. The fraction of sp³-hybridized carbons (Fsp3) is 0.923. The summed E-state index contributed by atoms with van der Waals surface area (Å²) in [6.07, 6.45) is 6.04. The highest BCUT2D eigenvalue weighted by Gasteiger charge is 2.25. The Morgan fingerprint density at radius 3 is 2.31 bits per heavy atom. The summed E-state index contributed by atoms with van der Waals surface area (Å²) < 4.78 is 4.77. The van der Waals surface area contributed by atoms with Crippen molar-refractivity contribution in [3.05, 3.63) is 0 Å². The van der Waals surface area contributed by atoms with Gasteiger partial charge >= 0.3 is 5.97 Å². The van der Waals surface area contributed by atoms with Crippen molar-refractivity contribution in [1.29, 1.82) is 0 Å². The molecule has 16 heavy (non-hydrogen) atoms. The van der Waals surface area contributed by atoms with Crippen molar-refractivity contribution in [2.75, 3.05) is 21.2 Å². The van der Waals surface area contributed by atoms with Gasteiger partial charge in [-0.15, -0.1) is 0 Å². The Labute approximate surface area is 99.1 Å². The number of hydrogen-bond acceptors (Lipinski definition) is 3. The lowest BCUT2D eigenvalue weighted by Gasteiger charge is -2.33. The summed E-state index contributed by atoms with van der Waals surface area (Å²) in [7, 11) is 5.78. The molecule has 3 heteroatoms. The average molecular weight is 227 g/mol. The maximum Gasteiger partial charge on any atom is 0.308 e. The number of hydrogen-bond donors (Lipinski definition) is 0. The van der Waals surface area contributed by atoms with E-state index in [1.807, 2.05) is 6.92 Å². The molecule has 3 nitrogen and oxygen atoms in total. The van der Waals surface area contributed by atoms with Gasteiger partial charge in [0, 0.05) is 6.04 Å². The zero-order valence-electron chi connectivity index (χ0n) is 11.0. The minimum absolute atomic E-state index is 0.0604. The largest absolute Gasteiger partial charge is 0.469 e. The highest BCUT2D eigenvalue weighted by molar-refractivity contribution is 5.71. The van der Waals surface area contributed by atoms with E-state index in [-0.39, 0.29) is 11.9 Å². The first kappa shape index (κ1) is 13.5. The standard InChI is InChI=1S/C13H25NO2/c1-10(13(15)16-4)9-11-5-7-12(8-6-11)14(2)3/h10-12H,5-9H2,1-4H3. The molecule has 1 atom stereocenters. The van der Waals surface area contributed by atoms with Gasteiger partial charge in [-0.1, -0.05) is 6.92 Å². The van der Waals surface area contributed by atoms with Gasteiger partial charge in [0.2, 0.25) is 0 Å². The van der Waals surface area contributed by atoms with E-state index in [0.717, 1.165) is 12.5 Å². The Morgan fingerprint density at radius 1 is 1.31 bits per heavy atom. The monoisotopic (exact) mass is 227 g/mol. The number of carbonyl (C=O) groups excluding carboxylic acids is 1. The Bertz CT molecular complexity index is 220. The molecule has 0 bridgehead atoms. The average Bonchev–Trinajstić information content (AvgIpc) is 2.28. The van der Waals surface area contributed by atoms with Crippen LogP contribution in [0.5, 0.6) is 0 Å². The first-order valence-corrected chi connectivity index (χ1v) is 6.28. The number of rotatable bonds is 4. The second-order valence-corrected chi connectivity index (χ2v) is 5.30. The van der Waals surface area contributed by atoms with E-state index in [4.69, 9.17) is 4.74 Å². The predicted molar refractivity (Wildman–Crippen MR) is 65.2 cm³/mol. The van der Waals surface area contributed by atoms with Crippen molar-refractivity contribution in [1.82, 2.24) is 4.90 Å². The third-order valence-corrected chi connectivity index (χ3v) is 3.84. The summed E-state index contributed by atoms with van der Waals surface area (Å²) in [5.74, 6) is 0.714. The first-order chi connectivity index (χ1) is 7.54. The van der Waals surface area contributed by atoms with Gasteiger partial charge in [0.15, 0.2) is 0 Å². The van der Waals surface area contributed by atoms with Gasteiger partial charge in [-0.2, -0.15) is 0 Å². The Kier molecular flexibility index (Phi) is 5.26. The molecule has 1 unspecified atom stereocenters. The zero-order chi connectivity index (χ0) is 12.1. The first-order valence-electron chi connectivity index (χ1n) is 6.28. The molecule has 0 N–H and O–H groups in total. The summed E-state index contributed by atoms with van der Waals surface area (Å²) in [4.78, 5) is 13.6. The summed E-state index contributed by atoms with van der Waals surface area (Å²) in [5, 5.41) is 0. The van der Waals surface area contributed by atoms with Crippen molar-refractivity contribution in [3.63, 3.8) is 0 Å². The third-order valence-electron chi connectivity index (χ3n) is 3.84. The number of carbonyl (C=O) groups is 1.